The maximum Gasteiger partial charge on any atom is 0.311 e. The number of para-hydroxylation sites is 1. The van der Waals surface area contributed by atoms with Gasteiger partial charge in [-0.3, -0.25) is 4.79 Å². The summed E-state index contributed by atoms with van der Waals surface area (Å²) in [5.41, 5.74) is 0.181. The van der Waals surface area contributed by atoms with E-state index in [0.29, 0.717) is 18.7 Å². The summed E-state index contributed by atoms with van der Waals surface area (Å²) in [7, 11) is -3.54. The van der Waals surface area contributed by atoms with Gasteiger partial charge in [0.1, 0.15) is 0 Å². The maximum absolute atomic E-state index is 12.6. The second-order valence-electron chi connectivity index (χ2n) is 8.74. The van der Waals surface area contributed by atoms with Crippen LogP contribution in [0.25, 0.3) is 5.69 Å². The minimum absolute atomic E-state index is 0.0410. The van der Waals surface area contributed by atoms with Crippen LogP contribution in [0.2, 0.25) is 0 Å². The largest absolute Gasteiger partial charge is 0.465 e. The van der Waals surface area contributed by atoms with E-state index in [1.165, 1.54) is 4.68 Å². The number of unbranched alkanes of at least 4 members (excludes halogenated alkanes) is 7. The number of ether oxygens (including phenoxy) is 1. The Hall–Kier alpha value is -2.29. The highest BCUT2D eigenvalue weighted by Crippen LogP contribution is 2.17. The van der Waals surface area contributed by atoms with Crippen molar-refractivity contribution < 1.29 is 17.9 Å². The van der Waals surface area contributed by atoms with Gasteiger partial charge in [0.15, 0.2) is 0 Å². The quantitative estimate of drug-likeness (QED) is 0.333. The van der Waals surface area contributed by atoms with E-state index < -0.39 is 15.3 Å². The van der Waals surface area contributed by atoms with Gasteiger partial charge < -0.3 is 4.74 Å². The molecule has 0 aliphatic heterocycles. The number of hydrogen-bond donors (Lipinski definition) is 0. The summed E-state index contributed by atoms with van der Waals surface area (Å²) < 4.78 is 31.8. The van der Waals surface area contributed by atoms with Crippen LogP contribution in [-0.4, -0.2) is 47.0 Å². The molecule has 1 aromatic carbocycles. The predicted octanol–water partition coefficient (Wildman–Crippen LogP) is 4.15. The molecule has 31 heavy (non-hydrogen) atoms. The highest BCUT2D eigenvalue weighted by molar-refractivity contribution is 7.91. The lowest BCUT2D eigenvalue weighted by molar-refractivity contribution is -0.153. The first kappa shape index (κ1) is 25.0. The lowest BCUT2D eigenvalue weighted by atomic mass is 9.97. The Bertz CT molecular complexity index is 905. The topological polar surface area (TPSA) is 104 Å². The number of hydrogen-bond acceptors (Lipinski definition) is 7. The van der Waals surface area contributed by atoms with E-state index in [4.69, 9.17) is 4.74 Å². The highest BCUT2D eigenvalue weighted by Gasteiger charge is 2.23. The molecule has 0 saturated carbocycles. The lowest BCUT2D eigenvalue weighted by Crippen LogP contribution is -2.23. The Labute approximate surface area is 185 Å². The first-order valence-electron chi connectivity index (χ1n) is 11.0. The standard InChI is InChI=1S/C22H34N4O4S/c1-22(2,3)20(27)30-17-13-8-6-4-5-7-9-14-18-31(28,29)21-23-24-25-26(21)19-15-11-10-12-16-19/h10-12,15-16H,4-9,13-14,17-18H2,1-3H3. The molecule has 9 heteroatoms. The third-order valence-corrected chi connectivity index (χ3v) is 6.51. The number of tetrazole rings is 1. The van der Waals surface area contributed by atoms with E-state index in [1.807, 2.05) is 39.0 Å². The van der Waals surface area contributed by atoms with Crippen molar-refractivity contribution in [1.29, 1.82) is 0 Å². The third-order valence-electron chi connectivity index (χ3n) is 4.87. The van der Waals surface area contributed by atoms with Gasteiger partial charge in [0.05, 0.1) is 23.5 Å². The van der Waals surface area contributed by atoms with Crippen molar-refractivity contribution in [2.45, 2.75) is 77.3 Å². The fourth-order valence-corrected chi connectivity index (χ4v) is 4.36. The predicted molar refractivity (Wildman–Crippen MR) is 119 cm³/mol. The Balaban J connectivity index is 1.58. The zero-order valence-electron chi connectivity index (χ0n) is 18.8. The fourth-order valence-electron chi connectivity index (χ4n) is 3.03. The van der Waals surface area contributed by atoms with Crippen molar-refractivity contribution in [1.82, 2.24) is 20.2 Å². The van der Waals surface area contributed by atoms with Gasteiger partial charge in [-0.25, -0.2) is 8.42 Å². The van der Waals surface area contributed by atoms with Crippen LogP contribution in [0.15, 0.2) is 35.5 Å². The van der Waals surface area contributed by atoms with Crippen LogP contribution < -0.4 is 0 Å². The molecular weight excluding hydrogens is 416 g/mol. The molecule has 0 amide bonds. The lowest BCUT2D eigenvalue weighted by Gasteiger charge is -2.16. The van der Waals surface area contributed by atoms with E-state index >= 15 is 0 Å². The van der Waals surface area contributed by atoms with Crippen LogP contribution in [0.3, 0.4) is 0 Å². The van der Waals surface area contributed by atoms with Crippen molar-refractivity contribution in [3.63, 3.8) is 0 Å². The number of carbonyl (C=O) groups excluding carboxylic acids is 1. The Morgan fingerprint density at radius 1 is 0.935 bits per heavy atom. The molecule has 0 N–H and O–H groups in total. The number of sulfone groups is 1. The molecule has 0 atom stereocenters. The van der Waals surface area contributed by atoms with Crippen molar-refractivity contribution >= 4 is 15.8 Å². The molecule has 0 unspecified atom stereocenters. The molecule has 172 valence electrons. The number of rotatable bonds is 13. The van der Waals surface area contributed by atoms with Crippen LogP contribution in [0.4, 0.5) is 0 Å². The van der Waals surface area contributed by atoms with Crippen LogP contribution >= 0.6 is 0 Å². The number of esters is 1. The van der Waals surface area contributed by atoms with Crippen LogP contribution in [-0.2, 0) is 19.4 Å². The average molecular weight is 451 g/mol. The van der Waals surface area contributed by atoms with Gasteiger partial charge in [0, 0.05) is 0 Å². The monoisotopic (exact) mass is 450 g/mol. The van der Waals surface area contributed by atoms with Gasteiger partial charge in [-0.1, -0.05) is 61.8 Å². The first-order chi connectivity index (χ1) is 14.7. The summed E-state index contributed by atoms with van der Waals surface area (Å²) in [6.45, 7) is 6.04. The number of aromatic nitrogens is 4. The molecule has 0 spiro atoms. The summed E-state index contributed by atoms with van der Waals surface area (Å²) in [4.78, 5) is 11.7. The number of carbonyl (C=O) groups is 1. The van der Waals surface area contributed by atoms with Crippen molar-refractivity contribution in [3.8, 4) is 5.69 Å². The van der Waals surface area contributed by atoms with Crippen LogP contribution in [0, 0.1) is 5.41 Å². The van der Waals surface area contributed by atoms with E-state index in [9.17, 15) is 13.2 Å². The van der Waals surface area contributed by atoms with Gasteiger partial charge in [-0.2, -0.15) is 4.68 Å². The SMILES string of the molecule is CC(C)(C)C(=O)OCCCCCCCCCCS(=O)(=O)c1nnnn1-c1ccccc1. The molecular formula is C22H34N4O4S. The first-order valence-corrected chi connectivity index (χ1v) is 12.6. The molecule has 2 aromatic rings. The molecule has 1 heterocycles. The molecule has 0 aliphatic rings. The van der Waals surface area contributed by atoms with Gasteiger partial charge in [-0.15, -0.1) is 0 Å². The molecule has 1 aromatic heterocycles. The van der Waals surface area contributed by atoms with Gasteiger partial charge >= 0.3 is 5.97 Å². The Morgan fingerprint density at radius 3 is 2.13 bits per heavy atom. The molecule has 0 aliphatic carbocycles. The van der Waals surface area contributed by atoms with Crippen molar-refractivity contribution in [2.75, 3.05) is 12.4 Å². The summed E-state index contributed by atoms with van der Waals surface area (Å²) in [6, 6.07) is 9.01. The Morgan fingerprint density at radius 2 is 1.52 bits per heavy atom. The van der Waals surface area contributed by atoms with Crippen molar-refractivity contribution in [3.05, 3.63) is 30.3 Å². The van der Waals surface area contributed by atoms with E-state index in [2.05, 4.69) is 15.5 Å². The zero-order valence-corrected chi connectivity index (χ0v) is 19.6. The second-order valence-corrected chi connectivity index (χ2v) is 10.7. The van der Waals surface area contributed by atoms with Crippen LogP contribution in [0.1, 0.15) is 72.1 Å². The highest BCUT2D eigenvalue weighted by atomic mass is 32.2. The smallest absolute Gasteiger partial charge is 0.311 e. The normalized spacial score (nSPS) is 12.1. The van der Waals surface area contributed by atoms with E-state index in [-0.39, 0.29) is 16.9 Å². The number of nitrogens with zero attached hydrogens (tertiary/aromatic N) is 4. The maximum atomic E-state index is 12.6. The summed E-state index contributed by atoms with van der Waals surface area (Å²) >= 11 is 0. The molecule has 0 saturated heterocycles. The molecule has 0 fully saturated rings. The number of benzene rings is 1. The molecule has 2 rings (SSSR count). The summed E-state index contributed by atoms with van der Waals surface area (Å²) in [5.74, 6) is -0.112. The van der Waals surface area contributed by atoms with Crippen molar-refractivity contribution in [2.24, 2.45) is 5.41 Å². The third kappa shape index (κ3) is 8.40. The fraction of sp³-hybridized carbons (Fsp3) is 0.636. The second kappa shape index (κ2) is 11.9. The zero-order chi connectivity index (χ0) is 22.7. The Kier molecular flexibility index (Phi) is 9.61. The van der Waals surface area contributed by atoms with Crippen LogP contribution in [0.5, 0.6) is 0 Å². The van der Waals surface area contributed by atoms with E-state index in [0.717, 1.165) is 44.9 Å². The molecule has 0 bridgehead atoms. The molecule has 0 radical (unpaired) electrons. The average Bonchev–Trinajstić information content (AvgIpc) is 3.23. The minimum atomic E-state index is -3.54. The van der Waals surface area contributed by atoms with E-state index in [1.54, 1.807) is 12.1 Å². The molecule has 8 nitrogen and oxygen atoms in total. The summed E-state index contributed by atoms with van der Waals surface area (Å²) in [6.07, 6.45) is 7.64. The van der Waals surface area contributed by atoms with Gasteiger partial charge in [-0.05, 0) is 56.2 Å². The minimum Gasteiger partial charge on any atom is -0.465 e. The van der Waals surface area contributed by atoms with Gasteiger partial charge in [0.25, 0.3) is 5.16 Å². The van der Waals surface area contributed by atoms with Gasteiger partial charge in [0.2, 0.25) is 9.84 Å². The summed E-state index contributed by atoms with van der Waals surface area (Å²) in [5, 5.41) is 11.0.